The molecule has 0 bridgehead atoms. The van der Waals surface area contributed by atoms with Gasteiger partial charge in [-0.25, -0.2) is 0 Å². The minimum atomic E-state index is -0.318. The molecule has 0 spiro atoms. The van der Waals surface area contributed by atoms with Gasteiger partial charge in [0.1, 0.15) is 10.8 Å². The highest BCUT2D eigenvalue weighted by atomic mass is 32.1. The van der Waals surface area contributed by atoms with Crippen LogP contribution in [0.25, 0.3) is 16.6 Å². The first-order chi connectivity index (χ1) is 13.6. The van der Waals surface area contributed by atoms with Gasteiger partial charge >= 0.3 is 0 Å². The van der Waals surface area contributed by atoms with Crippen LogP contribution in [0, 0.1) is 0 Å². The van der Waals surface area contributed by atoms with Crippen LogP contribution in [0.1, 0.15) is 61.1 Å². The highest BCUT2D eigenvalue weighted by Gasteiger charge is 2.23. The summed E-state index contributed by atoms with van der Waals surface area (Å²) in [7, 11) is 0. The summed E-state index contributed by atoms with van der Waals surface area (Å²) in [6.07, 6.45) is 7.86. The first-order valence-electron chi connectivity index (χ1n) is 9.68. The molecule has 2 N–H and O–H groups in total. The Morgan fingerprint density at radius 2 is 2.00 bits per heavy atom. The smallest absolute Gasteiger partial charge is 0.283 e. The zero-order valence-electron chi connectivity index (χ0n) is 15.7. The molecule has 1 aliphatic heterocycles. The van der Waals surface area contributed by atoms with E-state index in [1.165, 1.54) is 30.6 Å². The van der Waals surface area contributed by atoms with Crippen molar-refractivity contribution >= 4 is 45.2 Å². The maximum Gasteiger partial charge on any atom is 0.283 e. The van der Waals surface area contributed by atoms with E-state index < -0.39 is 0 Å². The van der Waals surface area contributed by atoms with Crippen LogP contribution in [0.4, 0.5) is 11.5 Å². The molecule has 142 valence electrons. The molecule has 3 aromatic rings. The van der Waals surface area contributed by atoms with Gasteiger partial charge in [-0.05, 0) is 31.9 Å². The zero-order chi connectivity index (χ0) is 19.3. The maximum absolute atomic E-state index is 12.7. The van der Waals surface area contributed by atoms with E-state index in [2.05, 4.69) is 9.98 Å². The number of allylic oxidation sites excluding steroid dienone is 1. The molecular weight excluding hydrogens is 370 g/mol. The van der Waals surface area contributed by atoms with Crippen LogP contribution in [0.15, 0.2) is 34.1 Å². The van der Waals surface area contributed by atoms with Crippen LogP contribution < -0.4 is 11.3 Å². The van der Waals surface area contributed by atoms with Gasteiger partial charge in [0.05, 0.1) is 11.3 Å². The maximum atomic E-state index is 12.7. The van der Waals surface area contributed by atoms with Gasteiger partial charge in [-0.3, -0.25) is 9.79 Å². The zero-order valence-corrected chi connectivity index (χ0v) is 16.5. The lowest BCUT2D eigenvalue weighted by molar-refractivity contribution is 0.440. The van der Waals surface area contributed by atoms with Crippen LogP contribution in [0.2, 0.25) is 0 Å². The topological polar surface area (TPSA) is 85.6 Å². The number of hydrogen-bond acceptors (Lipinski definition) is 6. The molecule has 0 unspecified atom stereocenters. The molecule has 1 aliphatic carbocycles. The highest BCUT2D eigenvalue weighted by Crippen LogP contribution is 2.37. The number of nitrogens with zero attached hydrogens (tertiary/aromatic N) is 4. The van der Waals surface area contributed by atoms with Crippen LogP contribution >= 0.6 is 11.3 Å². The Labute approximate surface area is 166 Å². The average molecular weight is 392 g/mol. The van der Waals surface area contributed by atoms with Crippen molar-refractivity contribution in [3.8, 4) is 0 Å². The summed E-state index contributed by atoms with van der Waals surface area (Å²) in [5.74, 6) is 0.797. The number of anilines is 1. The summed E-state index contributed by atoms with van der Waals surface area (Å²) in [6, 6.07) is 7.89. The third kappa shape index (κ3) is 2.77. The molecule has 2 aromatic heterocycles. The second kappa shape index (κ2) is 6.67. The Morgan fingerprint density at radius 1 is 1.21 bits per heavy atom. The number of aromatic nitrogens is 3. The van der Waals surface area contributed by atoms with Crippen molar-refractivity contribution in [2.45, 2.75) is 44.9 Å². The Hall–Kier alpha value is -2.80. The van der Waals surface area contributed by atoms with Gasteiger partial charge in [-0.2, -0.15) is 14.6 Å². The highest BCUT2D eigenvalue weighted by molar-refractivity contribution is 7.16. The number of hydrogen-bond donors (Lipinski definition) is 1. The van der Waals surface area contributed by atoms with E-state index in [1.807, 2.05) is 31.2 Å². The quantitative estimate of drug-likeness (QED) is 0.700. The molecule has 5 rings (SSSR count). The van der Waals surface area contributed by atoms with Gasteiger partial charge in [-0.15, -0.1) is 0 Å². The Kier molecular flexibility index (Phi) is 4.12. The molecule has 28 heavy (non-hydrogen) atoms. The van der Waals surface area contributed by atoms with Gasteiger partial charge in [-0.1, -0.05) is 48.8 Å². The van der Waals surface area contributed by atoms with Crippen molar-refractivity contribution in [3.63, 3.8) is 0 Å². The average Bonchev–Trinajstić information content (AvgIpc) is 3.27. The minimum absolute atomic E-state index is 0.318. The predicted molar refractivity (Wildman–Crippen MR) is 114 cm³/mol. The summed E-state index contributed by atoms with van der Waals surface area (Å²) in [5.41, 5.74) is 10.1. The standard InChI is InChI=1S/C21H21N5OS/c1-12-15(14-9-5-6-10-17(14)23-12)11-16-18(22)26-21(24-19(16)27)28-20(25-26)13-7-3-2-4-8-13/h5-6,9-11,13H,2-4,7-8,22H2,1H3/b15-11-. The van der Waals surface area contributed by atoms with E-state index >= 15 is 0 Å². The summed E-state index contributed by atoms with van der Waals surface area (Å²) in [4.78, 5) is 22.2. The largest absolute Gasteiger partial charge is 0.383 e. The van der Waals surface area contributed by atoms with Crippen molar-refractivity contribution in [2.24, 2.45) is 4.99 Å². The lowest BCUT2D eigenvalue weighted by atomic mass is 9.90. The molecule has 6 nitrogen and oxygen atoms in total. The van der Waals surface area contributed by atoms with Crippen molar-refractivity contribution in [1.29, 1.82) is 0 Å². The van der Waals surface area contributed by atoms with Gasteiger partial charge < -0.3 is 5.73 Å². The first kappa shape index (κ1) is 17.3. The normalized spacial score (nSPS) is 18.6. The van der Waals surface area contributed by atoms with Gasteiger partial charge in [0, 0.05) is 22.8 Å². The number of benzene rings is 1. The molecule has 1 aromatic carbocycles. The van der Waals surface area contributed by atoms with E-state index in [-0.39, 0.29) is 5.56 Å². The number of fused-ring (bicyclic) bond motifs is 2. The van der Waals surface area contributed by atoms with Crippen molar-refractivity contribution in [3.05, 3.63) is 50.8 Å². The molecule has 0 atom stereocenters. The lowest BCUT2D eigenvalue weighted by Gasteiger charge is -2.18. The third-order valence-corrected chi connectivity index (χ3v) is 6.69. The number of aliphatic imine (C=N–C) groups is 1. The van der Waals surface area contributed by atoms with E-state index in [4.69, 9.17) is 10.8 Å². The summed E-state index contributed by atoms with van der Waals surface area (Å²) in [5, 5.41) is 5.76. The van der Waals surface area contributed by atoms with Crippen molar-refractivity contribution in [1.82, 2.24) is 14.6 Å². The summed E-state index contributed by atoms with van der Waals surface area (Å²) >= 11 is 1.49. The van der Waals surface area contributed by atoms with Crippen LogP contribution in [0.3, 0.4) is 0 Å². The molecule has 7 heteroatoms. The van der Waals surface area contributed by atoms with E-state index in [1.54, 1.807) is 10.6 Å². The van der Waals surface area contributed by atoms with Crippen LogP contribution in [-0.4, -0.2) is 20.3 Å². The monoisotopic (exact) mass is 391 g/mol. The van der Waals surface area contributed by atoms with Gasteiger partial charge in [0.25, 0.3) is 5.56 Å². The second-order valence-electron chi connectivity index (χ2n) is 7.46. The fraction of sp³-hybridized carbons (Fsp3) is 0.333. The molecule has 1 fully saturated rings. The Morgan fingerprint density at radius 3 is 2.82 bits per heavy atom. The fourth-order valence-electron chi connectivity index (χ4n) is 4.11. The molecule has 2 aliphatic rings. The van der Waals surface area contributed by atoms with Crippen molar-refractivity contribution < 1.29 is 0 Å². The van der Waals surface area contributed by atoms with E-state index in [0.29, 0.717) is 22.3 Å². The molecule has 3 heterocycles. The summed E-state index contributed by atoms with van der Waals surface area (Å²) in [6.45, 7) is 1.94. The number of nitrogen functional groups attached to an aromatic ring is 1. The number of nitrogens with two attached hydrogens (primary N) is 1. The number of rotatable bonds is 2. The first-order valence-corrected chi connectivity index (χ1v) is 10.5. The van der Waals surface area contributed by atoms with Gasteiger partial charge in [0.2, 0.25) is 4.96 Å². The summed E-state index contributed by atoms with van der Waals surface area (Å²) < 4.78 is 1.63. The molecule has 0 radical (unpaired) electrons. The lowest BCUT2D eigenvalue weighted by Crippen LogP contribution is -2.17. The van der Waals surface area contributed by atoms with Crippen LogP contribution in [-0.2, 0) is 0 Å². The minimum Gasteiger partial charge on any atom is -0.383 e. The molecular formula is C21H21N5OS. The fourth-order valence-corrected chi connectivity index (χ4v) is 5.17. The third-order valence-electron chi connectivity index (χ3n) is 5.62. The predicted octanol–water partition coefficient (Wildman–Crippen LogP) is 4.43. The second-order valence-corrected chi connectivity index (χ2v) is 8.45. The Balaban J connectivity index is 1.63. The van der Waals surface area contributed by atoms with E-state index in [0.717, 1.165) is 40.4 Å². The molecule has 0 saturated heterocycles. The molecule has 0 amide bonds. The van der Waals surface area contributed by atoms with E-state index in [9.17, 15) is 4.79 Å². The SMILES string of the molecule is CC1=Nc2ccccc2/C1=C\c1c(N)n2nc(C3CCCCC3)sc2nc1=O. The van der Waals surface area contributed by atoms with Crippen LogP contribution in [0.5, 0.6) is 0 Å². The molecule has 1 saturated carbocycles. The Bertz CT molecular complexity index is 1200. The number of para-hydroxylation sites is 1. The van der Waals surface area contributed by atoms with Gasteiger partial charge in [0.15, 0.2) is 0 Å². The van der Waals surface area contributed by atoms with Crippen molar-refractivity contribution in [2.75, 3.05) is 5.73 Å².